The van der Waals surface area contributed by atoms with Gasteiger partial charge in [-0.25, -0.2) is 4.79 Å². The van der Waals surface area contributed by atoms with Crippen LogP contribution in [-0.2, 0) is 11.2 Å². The lowest BCUT2D eigenvalue weighted by molar-refractivity contribution is -0.128. The van der Waals surface area contributed by atoms with Gasteiger partial charge in [0, 0.05) is 30.4 Å². The third kappa shape index (κ3) is 7.83. The largest absolute Gasteiger partial charge is 0.493 e. The first-order chi connectivity index (χ1) is 16.2. The highest BCUT2D eigenvalue weighted by Crippen LogP contribution is 2.28. The Morgan fingerprint density at radius 1 is 0.848 bits per heavy atom. The molecule has 0 amide bonds. The molecule has 0 aliphatic heterocycles. The van der Waals surface area contributed by atoms with Crippen LogP contribution in [0, 0.1) is 0 Å². The summed E-state index contributed by atoms with van der Waals surface area (Å²) in [5, 5.41) is 0. The number of para-hydroxylation sites is 1. The normalized spacial score (nSPS) is 10.5. The number of nitrogens with zero attached hydrogens (tertiary/aromatic N) is 1. The number of anilines is 2. The molecule has 33 heavy (non-hydrogen) atoms. The Hall–Kier alpha value is -3.53. The van der Waals surface area contributed by atoms with Crippen LogP contribution in [0.5, 0.6) is 11.5 Å². The Balaban J connectivity index is 1.54. The molecule has 0 aliphatic carbocycles. The molecule has 0 bridgehead atoms. The number of ether oxygens (including phenoxy) is 2. The zero-order valence-electron chi connectivity index (χ0n) is 19.4. The van der Waals surface area contributed by atoms with Gasteiger partial charge in [-0.05, 0) is 60.5 Å². The molecule has 3 aromatic carbocycles. The molecule has 172 valence electrons. The number of esters is 1. The fraction of sp³-hybridized carbons (Fsp3) is 0.276. The molecule has 0 spiro atoms. The summed E-state index contributed by atoms with van der Waals surface area (Å²) in [5.74, 6) is 0.911. The number of hydrogen-bond acceptors (Lipinski definition) is 4. The Labute approximate surface area is 197 Å². The first-order valence-electron chi connectivity index (χ1n) is 11.7. The number of unbranched alkanes of at least 4 members (excludes halogenated alkanes) is 3. The van der Waals surface area contributed by atoms with Crippen molar-refractivity contribution in [3.63, 3.8) is 0 Å². The van der Waals surface area contributed by atoms with Crippen LogP contribution in [0.15, 0.2) is 91.5 Å². The summed E-state index contributed by atoms with van der Waals surface area (Å²) in [6.45, 7) is 7.22. The molecule has 0 heterocycles. The van der Waals surface area contributed by atoms with Gasteiger partial charge in [-0.15, -0.1) is 0 Å². The highest BCUT2D eigenvalue weighted by atomic mass is 16.5. The summed E-state index contributed by atoms with van der Waals surface area (Å²) < 4.78 is 11.1. The fourth-order valence-corrected chi connectivity index (χ4v) is 3.60. The van der Waals surface area contributed by atoms with E-state index < -0.39 is 5.97 Å². The Morgan fingerprint density at radius 2 is 1.52 bits per heavy atom. The van der Waals surface area contributed by atoms with Gasteiger partial charge in [0.15, 0.2) is 0 Å². The van der Waals surface area contributed by atoms with Crippen molar-refractivity contribution in [1.29, 1.82) is 0 Å². The summed E-state index contributed by atoms with van der Waals surface area (Å²) in [5.41, 5.74) is 3.51. The lowest BCUT2D eigenvalue weighted by Crippen LogP contribution is -2.18. The van der Waals surface area contributed by atoms with Crippen molar-refractivity contribution in [3.05, 3.63) is 97.1 Å². The average molecular weight is 444 g/mol. The number of carbonyl (C=O) groups is 1. The Bertz CT molecular complexity index is 982. The highest BCUT2D eigenvalue weighted by molar-refractivity contribution is 5.83. The summed E-state index contributed by atoms with van der Waals surface area (Å²) in [6.07, 6.45) is 6.86. The van der Waals surface area contributed by atoms with E-state index >= 15 is 0 Å². The van der Waals surface area contributed by atoms with Crippen LogP contribution in [0.1, 0.15) is 38.2 Å². The Morgan fingerprint density at radius 3 is 2.18 bits per heavy atom. The monoisotopic (exact) mass is 443 g/mol. The molecule has 0 saturated heterocycles. The smallest absolute Gasteiger partial charge is 0.335 e. The van der Waals surface area contributed by atoms with E-state index in [4.69, 9.17) is 9.47 Å². The maximum atomic E-state index is 11.3. The van der Waals surface area contributed by atoms with Crippen molar-refractivity contribution in [2.24, 2.45) is 0 Å². The van der Waals surface area contributed by atoms with Crippen LogP contribution in [0.4, 0.5) is 11.4 Å². The van der Waals surface area contributed by atoms with E-state index in [0.717, 1.165) is 30.4 Å². The minimum Gasteiger partial charge on any atom is -0.493 e. The van der Waals surface area contributed by atoms with Crippen molar-refractivity contribution < 1.29 is 14.3 Å². The minimum absolute atomic E-state index is 0.457. The van der Waals surface area contributed by atoms with Crippen molar-refractivity contribution in [2.75, 3.05) is 18.1 Å². The van der Waals surface area contributed by atoms with Crippen molar-refractivity contribution in [1.82, 2.24) is 0 Å². The molecular formula is C29H33NO3. The molecule has 3 rings (SSSR count). The summed E-state index contributed by atoms with van der Waals surface area (Å²) >= 11 is 0. The van der Waals surface area contributed by atoms with E-state index in [1.807, 2.05) is 24.3 Å². The standard InChI is InChI=1S/C29H33NO3/c1-3-5-6-10-22-30(25-11-8-7-9-12-25)26-15-19-27(20-16-26)32-23-21-24-13-17-28(18-14-24)33-29(31)4-2/h4,7-9,11-20H,2-3,5-6,10,21-23H2,1H3. The second kappa shape index (κ2) is 13.1. The molecule has 4 heteroatoms. The average Bonchev–Trinajstić information content (AvgIpc) is 2.86. The number of rotatable bonds is 13. The molecule has 0 aliphatic rings. The molecule has 0 radical (unpaired) electrons. The maximum absolute atomic E-state index is 11.3. The van der Waals surface area contributed by atoms with Gasteiger partial charge in [-0.3, -0.25) is 0 Å². The van der Waals surface area contributed by atoms with Gasteiger partial charge >= 0.3 is 5.97 Å². The molecule has 0 saturated carbocycles. The minimum atomic E-state index is -0.457. The lowest BCUT2D eigenvalue weighted by atomic mass is 10.1. The van der Waals surface area contributed by atoms with E-state index in [1.165, 1.54) is 37.1 Å². The molecular weight excluding hydrogens is 410 g/mol. The van der Waals surface area contributed by atoms with Crippen LogP contribution >= 0.6 is 0 Å². The van der Waals surface area contributed by atoms with E-state index in [9.17, 15) is 4.79 Å². The van der Waals surface area contributed by atoms with Crippen molar-refractivity contribution >= 4 is 17.3 Å². The van der Waals surface area contributed by atoms with Gasteiger partial charge in [-0.2, -0.15) is 0 Å². The van der Waals surface area contributed by atoms with Crippen LogP contribution in [0.25, 0.3) is 0 Å². The van der Waals surface area contributed by atoms with E-state index in [1.54, 1.807) is 12.1 Å². The predicted octanol–water partition coefficient (Wildman–Crippen LogP) is 7.12. The van der Waals surface area contributed by atoms with Gasteiger partial charge in [0.2, 0.25) is 0 Å². The van der Waals surface area contributed by atoms with Crippen LogP contribution < -0.4 is 14.4 Å². The number of hydrogen-bond donors (Lipinski definition) is 0. The van der Waals surface area contributed by atoms with Crippen LogP contribution in [0.3, 0.4) is 0 Å². The highest BCUT2D eigenvalue weighted by Gasteiger charge is 2.09. The van der Waals surface area contributed by atoms with Gasteiger partial charge in [-0.1, -0.05) is 63.1 Å². The quantitative estimate of drug-likeness (QED) is 0.122. The SMILES string of the molecule is C=CC(=O)Oc1ccc(CCOc2ccc(N(CCCCCC)c3ccccc3)cc2)cc1. The predicted molar refractivity (Wildman–Crippen MR) is 136 cm³/mol. The lowest BCUT2D eigenvalue weighted by Gasteiger charge is -2.25. The zero-order chi connectivity index (χ0) is 23.3. The third-order valence-electron chi connectivity index (χ3n) is 5.42. The van der Waals surface area contributed by atoms with Crippen molar-refractivity contribution in [2.45, 2.75) is 39.0 Å². The number of carbonyl (C=O) groups excluding carboxylic acids is 1. The van der Waals surface area contributed by atoms with E-state index in [0.29, 0.717) is 12.4 Å². The maximum Gasteiger partial charge on any atom is 0.335 e. The first kappa shape index (κ1) is 24.1. The number of benzene rings is 3. The van der Waals surface area contributed by atoms with E-state index in [2.05, 4.69) is 60.9 Å². The van der Waals surface area contributed by atoms with Gasteiger partial charge < -0.3 is 14.4 Å². The second-order valence-electron chi connectivity index (χ2n) is 7.91. The molecule has 0 aromatic heterocycles. The van der Waals surface area contributed by atoms with Crippen molar-refractivity contribution in [3.8, 4) is 11.5 Å². The zero-order valence-corrected chi connectivity index (χ0v) is 19.4. The third-order valence-corrected chi connectivity index (χ3v) is 5.42. The molecule has 0 unspecified atom stereocenters. The topological polar surface area (TPSA) is 38.8 Å². The first-order valence-corrected chi connectivity index (χ1v) is 11.7. The Kier molecular flexibility index (Phi) is 9.59. The molecule has 0 atom stereocenters. The fourth-order valence-electron chi connectivity index (χ4n) is 3.60. The van der Waals surface area contributed by atoms with Gasteiger partial charge in [0.1, 0.15) is 11.5 Å². The van der Waals surface area contributed by atoms with Crippen LogP contribution in [-0.4, -0.2) is 19.1 Å². The van der Waals surface area contributed by atoms with Gasteiger partial charge in [0.25, 0.3) is 0 Å². The van der Waals surface area contributed by atoms with Crippen LogP contribution in [0.2, 0.25) is 0 Å². The molecule has 3 aromatic rings. The summed E-state index contributed by atoms with van der Waals surface area (Å²) in [4.78, 5) is 13.6. The second-order valence-corrected chi connectivity index (χ2v) is 7.91. The van der Waals surface area contributed by atoms with E-state index in [-0.39, 0.29) is 0 Å². The molecule has 0 N–H and O–H groups in total. The summed E-state index contributed by atoms with van der Waals surface area (Å²) in [6, 6.07) is 26.3. The summed E-state index contributed by atoms with van der Waals surface area (Å²) in [7, 11) is 0. The van der Waals surface area contributed by atoms with Gasteiger partial charge in [0.05, 0.1) is 6.61 Å². The molecule has 4 nitrogen and oxygen atoms in total. The molecule has 0 fully saturated rings.